The zero-order valence-corrected chi connectivity index (χ0v) is 21.3. The number of nitrogens with zero attached hydrogens (tertiary/aromatic N) is 4. The number of piperazine rings is 1. The highest BCUT2D eigenvalue weighted by molar-refractivity contribution is 6.30. The molecule has 212 valence electrons. The van der Waals surface area contributed by atoms with Crippen LogP contribution in [0, 0.1) is 0 Å². The number of hydrogen-bond acceptors (Lipinski definition) is 5. The van der Waals surface area contributed by atoms with Gasteiger partial charge in [0.15, 0.2) is 0 Å². The maximum absolute atomic E-state index is 12.7. The molecule has 1 aromatic carbocycles. The molecule has 0 unspecified atom stereocenters. The molecule has 14 heteroatoms. The highest BCUT2D eigenvalue weighted by Gasteiger charge is 2.60. The van der Waals surface area contributed by atoms with Gasteiger partial charge >= 0.3 is 18.4 Å². The van der Waals surface area contributed by atoms with Crippen molar-refractivity contribution in [2.75, 3.05) is 50.7 Å². The first kappa shape index (κ1) is 28.6. The summed E-state index contributed by atoms with van der Waals surface area (Å²) in [5.41, 5.74) is 1.87. The van der Waals surface area contributed by atoms with E-state index < -0.39 is 24.5 Å². The summed E-state index contributed by atoms with van der Waals surface area (Å²) in [6.07, 6.45) is -14.0. The summed E-state index contributed by atoms with van der Waals surface area (Å²) in [7, 11) is 0. The van der Waals surface area contributed by atoms with Crippen molar-refractivity contribution in [3.05, 3.63) is 28.8 Å². The van der Waals surface area contributed by atoms with Crippen molar-refractivity contribution in [3.63, 3.8) is 0 Å². The number of benzene rings is 1. The molecule has 0 N–H and O–H groups in total. The number of ether oxygens (including phenoxy) is 1. The van der Waals surface area contributed by atoms with Gasteiger partial charge in [-0.3, -0.25) is 9.69 Å². The lowest BCUT2D eigenvalue weighted by molar-refractivity contribution is -0.308. The van der Waals surface area contributed by atoms with Gasteiger partial charge in [0.05, 0.1) is 6.04 Å². The molecule has 7 nitrogen and oxygen atoms in total. The van der Waals surface area contributed by atoms with Crippen LogP contribution in [0.5, 0.6) is 0 Å². The second-order valence-electron chi connectivity index (χ2n) is 9.82. The van der Waals surface area contributed by atoms with E-state index in [2.05, 4.69) is 9.64 Å². The molecule has 0 saturated carbocycles. The molecular formula is C24H29ClF6N4O3. The van der Waals surface area contributed by atoms with Crippen LogP contribution in [-0.4, -0.2) is 97.0 Å². The third kappa shape index (κ3) is 6.77. The van der Waals surface area contributed by atoms with Crippen LogP contribution < -0.4 is 4.90 Å². The Balaban J connectivity index is 1.35. The number of hydrogen-bond donors (Lipinski definition) is 0. The second-order valence-corrected chi connectivity index (χ2v) is 10.3. The van der Waals surface area contributed by atoms with E-state index in [0.29, 0.717) is 24.5 Å². The molecule has 0 bridgehead atoms. The SMILES string of the molecule is O=C(OC(C(F)(F)F)C(F)(F)F)N1CCN(Cc2ccc(Cl)cc2N2CC[C@@H](N3CCCCC3=O)C2)CC1. The van der Waals surface area contributed by atoms with Gasteiger partial charge in [-0.15, -0.1) is 0 Å². The van der Waals surface area contributed by atoms with Gasteiger partial charge in [0, 0.05) is 69.5 Å². The Morgan fingerprint density at radius 3 is 2.32 bits per heavy atom. The third-order valence-corrected chi connectivity index (χ3v) is 7.42. The fraction of sp³-hybridized carbons (Fsp3) is 0.667. The van der Waals surface area contributed by atoms with Crippen LogP contribution in [0.25, 0.3) is 0 Å². The van der Waals surface area contributed by atoms with E-state index in [-0.39, 0.29) is 38.1 Å². The number of likely N-dealkylation sites (tertiary alicyclic amines) is 1. The summed E-state index contributed by atoms with van der Waals surface area (Å²) in [5, 5.41) is 0.553. The van der Waals surface area contributed by atoms with E-state index >= 15 is 0 Å². The number of anilines is 1. The molecule has 3 saturated heterocycles. The molecule has 0 aliphatic carbocycles. The van der Waals surface area contributed by atoms with E-state index in [0.717, 1.165) is 48.5 Å². The minimum atomic E-state index is -5.75. The number of carbonyl (C=O) groups excluding carboxylic acids is 2. The molecule has 1 atom stereocenters. The smallest absolute Gasteiger partial charge is 0.426 e. The number of carbonyl (C=O) groups is 2. The van der Waals surface area contributed by atoms with Crippen molar-refractivity contribution >= 4 is 29.3 Å². The summed E-state index contributed by atoms with van der Waals surface area (Å²) < 4.78 is 80.2. The Morgan fingerprint density at radius 2 is 1.68 bits per heavy atom. The number of amides is 2. The fourth-order valence-corrected chi connectivity index (χ4v) is 5.38. The van der Waals surface area contributed by atoms with Crippen molar-refractivity contribution in [1.29, 1.82) is 0 Å². The van der Waals surface area contributed by atoms with Crippen LogP contribution in [0.2, 0.25) is 5.02 Å². The van der Waals surface area contributed by atoms with Crippen molar-refractivity contribution in [1.82, 2.24) is 14.7 Å². The first-order chi connectivity index (χ1) is 17.8. The Labute approximate surface area is 221 Å². The molecule has 2 amide bonds. The van der Waals surface area contributed by atoms with Crippen molar-refractivity contribution in [3.8, 4) is 0 Å². The predicted molar refractivity (Wildman–Crippen MR) is 127 cm³/mol. The summed E-state index contributed by atoms with van der Waals surface area (Å²) in [4.78, 5) is 31.4. The van der Waals surface area contributed by atoms with Crippen LogP contribution in [-0.2, 0) is 16.1 Å². The normalized spacial score (nSPS) is 21.9. The molecule has 3 aliphatic heterocycles. The zero-order valence-electron chi connectivity index (χ0n) is 20.5. The number of rotatable bonds is 5. The number of alkyl halides is 6. The van der Waals surface area contributed by atoms with Gasteiger partial charge in [0.25, 0.3) is 6.10 Å². The lowest BCUT2D eigenvalue weighted by Crippen LogP contribution is -2.52. The average molecular weight is 571 g/mol. The molecule has 3 heterocycles. The lowest BCUT2D eigenvalue weighted by Gasteiger charge is -2.36. The van der Waals surface area contributed by atoms with Crippen molar-refractivity contribution in [2.24, 2.45) is 0 Å². The number of piperidine rings is 1. The zero-order chi connectivity index (χ0) is 27.7. The van der Waals surface area contributed by atoms with Gasteiger partial charge in [-0.2, -0.15) is 26.3 Å². The average Bonchev–Trinajstić information content (AvgIpc) is 3.32. The molecule has 4 rings (SSSR count). The highest BCUT2D eigenvalue weighted by Crippen LogP contribution is 2.36. The van der Waals surface area contributed by atoms with Gasteiger partial charge < -0.3 is 19.4 Å². The van der Waals surface area contributed by atoms with Crippen molar-refractivity contribution in [2.45, 2.75) is 56.7 Å². The van der Waals surface area contributed by atoms with Crippen LogP contribution >= 0.6 is 11.6 Å². The van der Waals surface area contributed by atoms with Crippen LogP contribution in [0.15, 0.2) is 18.2 Å². The first-order valence-corrected chi connectivity index (χ1v) is 12.8. The molecule has 3 aliphatic rings. The fourth-order valence-electron chi connectivity index (χ4n) is 5.22. The van der Waals surface area contributed by atoms with E-state index in [1.807, 2.05) is 21.9 Å². The van der Waals surface area contributed by atoms with Crippen LogP contribution in [0.3, 0.4) is 0 Å². The predicted octanol–water partition coefficient (Wildman–Crippen LogP) is 4.68. The van der Waals surface area contributed by atoms with E-state index in [9.17, 15) is 35.9 Å². The molecule has 0 spiro atoms. The second kappa shape index (κ2) is 11.4. The molecule has 1 aromatic rings. The maximum atomic E-state index is 12.7. The van der Waals surface area contributed by atoms with Gasteiger partial charge in [0.2, 0.25) is 5.91 Å². The van der Waals surface area contributed by atoms with E-state index in [1.54, 1.807) is 6.07 Å². The van der Waals surface area contributed by atoms with Crippen LogP contribution in [0.4, 0.5) is 36.8 Å². The standard InChI is InChI=1S/C24H29ClF6N4O3/c25-17-5-4-16(19(13-17)34-8-6-18(15-34)35-7-2-1-3-20(35)36)14-32-9-11-33(12-10-32)22(37)38-21(23(26,27)28)24(29,30)31/h4-5,13,18,21H,1-3,6-12,14-15H2/t18-/m1/s1. The Bertz CT molecular complexity index is 1000. The Hall–Kier alpha value is -2.41. The molecular weight excluding hydrogens is 542 g/mol. The quantitative estimate of drug-likeness (QED) is 0.481. The van der Waals surface area contributed by atoms with Crippen LogP contribution in [0.1, 0.15) is 31.2 Å². The summed E-state index contributed by atoms with van der Waals surface area (Å²) >= 11 is 6.28. The van der Waals surface area contributed by atoms with E-state index in [4.69, 9.17) is 11.6 Å². The monoisotopic (exact) mass is 570 g/mol. The first-order valence-electron chi connectivity index (χ1n) is 12.5. The summed E-state index contributed by atoms with van der Waals surface area (Å²) in [6, 6.07) is 5.62. The third-order valence-electron chi connectivity index (χ3n) is 7.19. The topological polar surface area (TPSA) is 56.3 Å². The van der Waals surface area contributed by atoms with Gasteiger partial charge in [-0.25, -0.2) is 4.79 Å². The molecule has 0 aromatic heterocycles. The Morgan fingerprint density at radius 1 is 1.00 bits per heavy atom. The molecule has 3 fully saturated rings. The maximum Gasteiger partial charge on any atom is 0.434 e. The highest BCUT2D eigenvalue weighted by atomic mass is 35.5. The van der Waals surface area contributed by atoms with Gasteiger partial charge in [-0.1, -0.05) is 17.7 Å². The minimum absolute atomic E-state index is 0.0763. The number of halogens is 7. The lowest BCUT2D eigenvalue weighted by atomic mass is 10.1. The molecule has 0 radical (unpaired) electrons. The molecule has 38 heavy (non-hydrogen) atoms. The van der Waals surface area contributed by atoms with E-state index in [1.165, 1.54) is 0 Å². The van der Waals surface area contributed by atoms with Gasteiger partial charge in [-0.05, 0) is 37.0 Å². The minimum Gasteiger partial charge on any atom is -0.426 e. The van der Waals surface area contributed by atoms with Gasteiger partial charge in [0.1, 0.15) is 0 Å². The summed E-state index contributed by atoms with van der Waals surface area (Å²) in [5.74, 6) is 0.183. The largest absolute Gasteiger partial charge is 0.434 e. The summed E-state index contributed by atoms with van der Waals surface area (Å²) in [6.45, 7) is 2.97. The van der Waals surface area contributed by atoms with Crippen molar-refractivity contribution < 1.29 is 40.7 Å². The Kier molecular flexibility index (Phi) is 8.55.